The van der Waals surface area contributed by atoms with E-state index in [1.54, 1.807) is 6.92 Å². The summed E-state index contributed by atoms with van der Waals surface area (Å²) in [6.45, 7) is 2.11. The van der Waals surface area contributed by atoms with Gasteiger partial charge in [-0.1, -0.05) is 15.9 Å². The zero-order chi connectivity index (χ0) is 11.0. The molecule has 0 rings (SSSR count). The Bertz CT molecular complexity index is 198. The molecule has 0 spiro atoms. The number of carbonyl (C=O) groups is 2. The number of alkyl halides is 1. The number of carbonyl (C=O) groups excluding carboxylic acids is 2. The van der Waals surface area contributed by atoms with Gasteiger partial charge in [0, 0.05) is 7.11 Å². The maximum absolute atomic E-state index is 11.2. The predicted octanol–water partition coefficient (Wildman–Crippen LogP) is 0.711. The number of nitrogens with one attached hydrogen (secondary N) is 1. The van der Waals surface area contributed by atoms with Crippen LogP contribution in [0.4, 0.5) is 4.79 Å². The summed E-state index contributed by atoms with van der Waals surface area (Å²) >= 11 is 3.02. The second-order valence-corrected chi connectivity index (χ2v) is 3.03. The number of ketones is 1. The van der Waals surface area contributed by atoms with Gasteiger partial charge >= 0.3 is 6.09 Å². The summed E-state index contributed by atoms with van der Waals surface area (Å²) in [5.74, 6) is -0.153. The minimum atomic E-state index is -0.654. The van der Waals surface area contributed by atoms with Crippen LogP contribution in [0.5, 0.6) is 0 Å². The van der Waals surface area contributed by atoms with Crippen LogP contribution in [-0.2, 0) is 14.3 Å². The van der Waals surface area contributed by atoms with Crippen LogP contribution in [-0.4, -0.2) is 43.6 Å². The van der Waals surface area contributed by atoms with Crippen LogP contribution in [0.2, 0.25) is 0 Å². The third kappa shape index (κ3) is 5.18. The van der Waals surface area contributed by atoms with Crippen molar-refractivity contribution in [1.29, 1.82) is 0 Å². The highest BCUT2D eigenvalue weighted by molar-refractivity contribution is 9.09. The average Bonchev–Trinajstić information content (AvgIpc) is 2.16. The molecule has 1 unspecified atom stereocenters. The first-order valence-corrected chi connectivity index (χ1v) is 5.28. The standard InChI is InChI=1S/C8H14BrNO4/c1-3-14-8(12)10-6(5-13-2)7(11)4-9/h6H,3-5H2,1-2H3,(H,10,12). The first-order valence-electron chi connectivity index (χ1n) is 4.16. The molecule has 0 aromatic rings. The lowest BCUT2D eigenvalue weighted by atomic mass is 10.2. The van der Waals surface area contributed by atoms with Crippen molar-refractivity contribution in [3.8, 4) is 0 Å². The van der Waals surface area contributed by atoms with Crippen LogP contribution in [0.15, 0.2) is 0 Å². The number of hydrogen-bond acceptors (Lipinski definition) is 4. The molecule has 82 valence electrons. The van der Waals surface area contributed by atoms with Crippen molar-refractivity contribution in [3.05, 3.63) is 0 Å². The number of amides is 1. The van der Waals surface area contributed by atoms with E-state index < -0.39 is 12.1 Å². The topological polar surface area (TPSA) is 64.6 Å². The molecule has 0 bridgehead atoms. The van der Waals surface area contributed by atoms with Gasteiger partial charge in [0.2, 0.25) is 0 Å². The second-order valence-electron chi connectivity index (χ2n) is 2.47. The van der Waals surface area contributed by atoms with Gasteiger partial charge < -0.3 is 14.8 Å². The van der Waals surface area contributed by atoms with E-state index in [1.165, 1.54) is 7.11 Å². The Balaban J connectivity index is 4.08. The normalized spacial score (nSPS) is 11.9. The molecular formula is C8H14BrNO4. The maximum Gasteiger partial charge on any atom is 0.407 e. The van der Waals surface area contributed by atoms with Crippen molar-refractivity contribution < 1.29 is 19.1 Å². The first kappa shape index (κ1) is 13.4. The molecule has 0 aromatic heterocycles. The molecule has 0 radical (unpaired) electrons. The van der Waals surface area contributed by atoms with E-state index >= 15 is 0 Å². The van der Waals surface area contributed by atoms with Gasteiger partial charge in [-0.3, -0.25) is 4.79 Å². The van der Waals surface area contributed by atoms with Crippen LogP contribution < -0.4 is 5.32 Å². The second kappa shape index (κ2) is 7.75. The zero-order valence-electron chi connectivity index (χ0n) is 8.21. The third-order valence-electron chi connectivity index (χ3n) is 1.42. The summed E-state index contributed by atoms with van der Waals surface area (Å²) in [6, 6.07) is -0.654. The van der Waals surface area contributed by atoms with Crippen LogP contribution >= 0.6 is 15.9 Å². The molecule has 0 aliphatic carbocycles. The SMILES string of the molecule is CCOC(=O)NC(COC)C(=O)CBr. The molecule has 0 saturated heterocycles. The van der Waals surface area contributed by atoms with E-state index in [4.69, 9.17) is 4.74 Å². The number of halogens is 1. The molecule has 6 heteroatoms. The Morgan fingerprint density at radius 1 is 1.50 bits per heavy atom. The van der Waals surface area contributed by atoms with Crippen LogP contribution in [0, 0.1) is 0 Å². The molecule has 0 saturated carbocycles. The van der Waals surface area contributed by atoms with Gasteiger partial charge in [-0.25, -0.2) is 4.79 Å². The molecule has 14 heavy (non-hydrogen) atoms. The lowest BCUT2D eigenvalue weighted by molar-refractivity contribution is -0.119. The quantitative estimate of drug-likeness (QED) is 0.720. The molecule has 0 heterocycles. The highest BCUT2D eigenvalue weighted by Crippen LogP contribution is 1.93. The number of methoxy groups -OCH3 is 1. The molecule has 0 aromatic carbocycles. The summed E-state index contributed by atoms with van der Waals surface area (Å²) in [7, 11) is 1.46. The van der Waals surface area contributed by atoms with Gasteiger partial charge in [0.05, 0.1) is 18.5 Å². The van der Waals surface area contributed by atoms with Crippen LogP contribution in [0.3, 0.4) is 0 Å². The average molecular weight is 268 g/mol. The summed E-state index contributed by atoms with van der Waals surface area (Å²) in [4.78, 5) is 22.2. The fourth-order valence-corrected chi connectivity index (χ4v) is 1.18. The highest BCUT2D eigenvalue weighted by atomic mass is 79.9. The van der Waals surface area contributed by atoms with Gasteiger partial charge in [-0.05, 0) is 6.92 Å². The predicted molar refractivity (Wildman–Crippen MR) is 54.6 cm³/mol. The summed E-state index contributed by atoms with van der Waals surface area (Å²) in [5, 5.41) is 2.58. The number of hydrogen-bond donors (Lipinski definition) is 1. The van der Waals surface area contributed by atoms with Crippen LogP contribution in [0.25, 0.3) is 0 Å². The molecule has 1 atom stereocenters. The fourth-order valence-electron chi connectivity index (χ4n) is 0.790. The molecule has 0 aliphatic heterocycles. The zero-order valence-corrected chi connectivity index (χ0v) is 9.80. The number of alkyl carbamates (subject to hydrolysis) is 1. The van der Waals surface area contributed by atoms with E-state index in [1.807, 2.05) is 0 Å². The van der Waals surface area contributed by atoms with Gasteiger partial charge in [0.1, 0.15) is 6.04 Å². The fraction of sp³-hybridized carbons (Fsp3) is 0.750. The highest BCUT2D eigenvalue weighted by Gasteiger charge is 2.19. The Morgan fingerprint density at radius 3 is 2.57 bits per heavy atom. The van der Waals surface area contributed by atoms with Crippen LogP contribution in [0.1, 0.15) is 6.92 Å². The maximum atomic E-state index is 11.2. The van der Waals surface area contributed by atoms with E-state index in [2.05, 4.69) is 26.0 Å². The van der Waals surface area contributed by atoms with E-state index in [9.17, 15) is 9.59 Å². The molecule has 1 amide bonds. The van der Waals surface area contributed by atoms with E-state index in [0.29, 0.717) is 0 Å². The number of Topliss-reactive ketones (excluding diaryl/α,β-unsaturated/α-hetero) is 1. The summed E-state index contributed by atoms with van der Waals surface area (Å²) in [5.41, 5.74) is 0. The molecule has 5 nitrogen and oxygen atoms in total. The van der Waals surface area contributed by atoms with E-state index in [-0.39, 0.29) is 24.3 Å². The Hall–Kier alpha value is -0.620. The Labute approximate surface area is 91.3 Å². The van der Waals surface area contributed by atoms with E-state index in [0.717, 1.165) is 0 Å². The van der Waals surface area contributed by atoms with Gasteiger partial charge in [0.15, 0.2) is 5.78 Å². The molecule has 0 aliphatic rings. The summed E-state index contributed by atoms with van der Waals surface area (Å²) < 4.78 is 9.43. The van der Waals surface area contributed by atoms with Crippen molar-refractivity contribution in [3.63, 3.8) is 0 Å². The van der Waals surface area contributed by atoms with Crippen molar-refractivity contribution in [2.75, 3.05) is 25.7 Å². The third-order valence-corrected chi connectivity index (χ3v) is 1.97. The van der Waals surface area contributed by atoms with Crippen molar-refractivity contribution in [2.24, 2.45) is 0 Å². The minimum absolute atomic E-state index is 0.142. The molecular weight excluding hydrogens is 254 g/mol. The van der Waals surface area contributed by atoms with Crippen molar-refractivity contribution in [2.45, 2.75) is 13.0 Å². The largest absolute Gasteiger partial charge is 0.450 e. The van der Waals surface area contributed by atoms with Gasteiger partial charge in [-0.2, -0.15) is 0 Å². The van der Waals surface area contributed by atoms with Gasteiger partial charge in [0.25, 0.3) is 0 Å². The summed E-state index contributed by atoms with van der Waals surface area (Å²) in [6.07, 6.45) is -0.608. The Morgan fingerprint density at radius 2 is 2.14 bits per heavy atom. The number of rotatable bonds is 6. The van der Waals surface area contributed by atoms with Gasteiger partial charge in [-0.15, -0.1) is 0 Å². The molecule has 1 N–H and O–H groups in total. The lowest BCUT2D eigenvalue weighted by Crippen LogP contribution is -2.44. The minimum Gasteiger partial charge on any atom is -0.450 e. The van der Waals surface area contributed by atoms with Crippen molar-refractivity contribution in [1.82, 2.24) is 5.32 Å². The molecule has 0 fully saturated rings. The number of ether oxygens (including phenoxy) is 2. The smallest absolute Gasteiger partial charge is 0.407 e. The lowest BCUT2D eigenvalue weighted by Gasteiger charge is -2.14. The van der Waals surface area contributed by atoms with Crippen molar-refractivity contribution >= 4 is 27.8 Å². The first-order chi connectivity index (χ1) is 6.65. The Kier molecular flexibility index (Phi) is 7.41. The monoisotopic (exact) mass is 267 g/mol.